The largest absolute Gasteiger partial charge is 0.254 e. The minimum Gasteiger partial charge on any atom is -0.254 e. The van der Waals surface area contributed by atoms with Gasteiger partial charge in [0.05, 0.1) is 22.1 Å². The third-order valence-corrected chi connectivity index (χ3v) is 10.6. The Kier molecular flexibility index (Phi) is 4.29. The van der Waals surface area contributed by atoms with Gasteiger partial charge in [-0.3, -0.25) is 4.98 Å². The summed E-state index contributed by atoms with van der Waals surface area (Å²) in [5.41, 5.74) is 13.1. The number of rotatable bonds is 1. The van der Waals surface area contributed by atoms with Crippen LogP contribution in [-0.4, -0.2) is 9.97 Å². The van der Waals surface area contributed by atoms with Crippen LogP contribution in [0.3, 0.4) is 0 Å². The van der Waals surface area contributed by atoms with Crippen molar-refractivity contribution in [3.63, 3.8) is 0 Å². The van der Waals surface area contributed by atoms with Gasteiger partial charge in [-0.25, -0.2) is 4.98 Å². The lowest BCUT2D eigenvalue weighted by atomic mass is 9.73. The summed E-state index contributed by atoms with van der Waals surface area (Å²) >= 11 is 1.95. The Morgan fingerprint density at radius 1 is 0.548 bits per heavy atom. The Bertz CT molecular complexity index is 2430. The Morgan fingerprint density at radius 3 is 2.17 bits per heavy atom. The second-order valence-electron chi connectivity index (χ2n) is 11.3. The van der Waals surface area contributed by atoms with Crippen molar-refractivity contribution < 1.29 is 0 Å². The number of hydrogen-bond acceptors (Lipinski definition) is 3. The van der Waals surface area contributed by atoms with Crippen molar-refractivity contribution in [1.82, 2.24) is 9.97 Å². The smallest absolute Gasteiger partial charge is 0.0972 e. The van der Waals surface area contributed by atoms with Crippen LogP contribution >= 0.6 is 11.3 Å². The molecule has 0 N–H and O–H groups in total. The lowest BCUT2D eigenvalue weighted by Crippen LogP contribution is -2.24. The molecule has 10 rings (SSSR count). The molecule has 2 nitrogen and oxygen atoms in total. The summed E-state index contributed by atoms with van der Waals surface area (Å²) in [4.78, 5) is 11.3. The first-order valence-electron chi connectivity index (χ1n) is 14.3. The van der Waals surface area contributed by atoms with E-state index in [1.165, 1.54) is 53.9 Å². The SMILES string of the molecule is c1ccc2c(c1)-c1ccc(-c3ccc4ccc5cccnc5c4n3)cc1C21c2ccccc2-c2c1sc1ccccc21. The van der Waals surface area contributed by atoms with Crippen LogP contribution in [0.5, 0.6) is 0 Å². The van der Waals surface area contributed by atoms with E-state index in [1.807, 2.05) is 23.6 Å². The van der Waals surface area contributed by atoms with E-state index in [1.54, 1.807) is 0 Å². The highest BCUT2D eigenvalue weighted by Crippen LogP contribution is 2.66. The molecule has 0 saturated carbocycles. The van der Waals surface area contributed by atoms with Crippen LogP contribution in [0.2, 0.25) is 0 Å². The van der Waals surface area contributed by atoms with Gasteiger partial charge in [-0.15, -0.1) is 11.3 Å². The summed E-state index contributed by atoms with van der Waals surface area (Å²) in [5, 5.41) is 3.56. The van der Waals surface area contributed by atoms with E-state index < -0.39 is 0 Å². The second-order valence-corrected chi connectivity index (χ2v) is 12.4. The number of pyridine rings is 2. The van der Waals surface area contributed by atoms with Gasteiger partial charge < -0.3 is 0 Å². The van der Waals surface area contributed by atoms with Crippen LogP contribution in [0.1, 0.15) is 21.6 Å². The Morgan fingerprint density at radius 2 is 1.26 bits per heavy atom. The average Bonchev–Trinajstić information content (AvgIpc) is 3.68. The molecule has 5 aromatic carbocycles. The zero-order chi connectivity index (χ0) is 27.4. The maximum absolute atomic E-state index is 5.23. The molecule has 3 aromatic heterocycles. The third-order valence-electron chi connectivity index (χ3n) is 9.31. The van der Waals surface area contributed by atoms with Crippen molar-refractivity contribution >= 4 is 43.2 Å². The molecule has 3 heteroatoms. The number of thiophene rings is 1. The highest BCUT2D eigenvalue weighted by Gasteiger charge is 2.53. The highest BCUT2D eigenvalue weighted by atomic mass is 32.1. The minimum atomic E-state index is -0.358. The lowest BCUT2D eigenvalue weighted by molar-refractivity contribution is 0.812. The van der Waals surface area contributed by atoms with Gasteiger partial charge in [0, 0.05) is 43.1 Å². The van der Waals surface area contributed by atoms with Crippen molar-refractivity contribution in [3.05, 3.63) is 155 Å². The Hall–Kier alpha value is -5.12. The Balaban J connectivity index is 1.30. The molecule has 3 heterocycles. The number of aromatic nitrogens is 2. The molecule has 0 amide bonds. The average molecular weight is 551 g/mol. The fourth-order valence-electron chi connectivity index (χ4n) is 7.59. The number of nitrogens with zero attached hydrogens (tertiary/aromatic N) is 2. The molecule has 1 atom stereocenters. The van der Waals surface area contributed by atoms with E-state index in [0.717, 1.165) is 33.1 Å². The third kappa shape index (κ3) is 2.70. The van der Waals surface area contributed by atoms with E-state index >= 15 is 0 Å². The van der Waals surface area contributed by atoms with Crippen LogP contribution in [0, 0.1) is 0 Å². The van der Waals surface area contributed by atoms with E-state index in [4.69, 9.17) is 9.97 Å². The minimum absolute atomic E-state index is 0.358. The molecule has 1 unspecified atom stereocenters. The number of fused-ring (bicyclic) bond motifs is 15. The van der Waals surface area contributed by atoms with Crippen LogP contribution in [0.15, 0.2) is 134 Å². The maximum Gasteiger partial charge on any atom is 0.0972 e. The van der Waals surface area contributed by atoms with Gasteiger partial charge in [-0.1, -0.05) is 103 Å². The second kappa shape index (κ2) is 8.00. The quantitative estimate of drug-likeness (QED) is 0.190. The van der Waals surface area contributed by atoms with Crippen molar-refractivity contribution in [2.45, 2.75) is 5.41 Å². The van der Waals surface area contributed by atoms with E-state index in [-0.39, 0.29) is 5.41 Å². The molecule has 42 heavy (non-hydrogen) atoms. The Labute approximate surface area is 246 Å². The van der Waals surface area contributed by atoms with Crippen molar-refractivity contribution in [3.8, 4) is 33.5 Å². The van der Waals surface area contributed by atoms with Crippen molar-refractivity contribution in [1.29, 1.82) is 0 Å². The first kappa shape index (κ1) is 22.6. The van der Waals surface area contributed by atoms with Crippen molar-refractivity contribution in [2.75, 3.05) is 0 Å². The summed E-state index contributed by atoms with van der Waals surface area (Å²) in [5.74, 6) is 0. The molecule has 0 fully saturated rings. The van der Waals surface area contributed by atoms with Crippen LogP contribution in [-0.2, 0) is 5.41 Å². The normalized spacial score (nSPS) is 16.2. The van der Waals surface area contributed by atoms with Gasteiger partial charge in [0.25, 0.3) is 0 Å². The van der Waals surface area contributed by atoms with Crippen molar-refractivity contribution in [2.24, 2.45) is 0 Å². The summed E-state index contributed by atoms with van der Waals surface area (Å²) < 4.78 is 1.34. The fourth-order valence-corrected chi connectivity index (χ4v) is 9.04. The number of benzene rings is 5. The summed E-state index contributed by atoms with van der Waals surface area (Å²) in [6.45, 7) is 0. The molecule has 8 aromatic rings. The molecule has 0 aliphatic heterocycles. The zero-order valence-electron chi connectivity index (χ0n) is 22.5. The predicted octanol–water partition coefficient (Wildman–Crippen LogP) is 10.0. The molecular weight excluding hydrogens is 529 g/mol. The summed E-state index contributed by atoms with van der Waals surface area (Å²) in [6, 6.07) is 46.6. The van der Waals surface area contributed by atoms with Crippen LogP contribution < -0.4 is 0 Å². The molecule has 194 valence electrons. The topological polar surface area (TPSA) is 25.8 Å². The first-order valence-corrected chi connectivity index (χ1v) is 15.2. The summed E-state index contributed by atoms with van der Waals surface area (Å²) in [7, 11) is 0. The molecular formula is C39H22N2S. The molecule has 0 saturated heterocycles. The molecule has 1 spiro atoms. The van der Waals surface area contributed by atoms with Gasteiger partial charge in [-0.2, -0.15) is 0 Å². The van der Waals surface area contributed by atoms with Gasteiger partial charge in [0.2, 0.25) is 0 Å². The first-order chi connectivity index (χ1) is 20.8. The predicted molar refractivity (Wildman–Crippen MR) is 174 cm³/mol. The monoisotopic (exact) mass is 550 g/mol. The lowest BCUT2D eigenvalue weighted by Gasteiger charge is -2.29. The standard InChI is InChI=1S/C39H22N2S/c1-4-12-30-26(9-1)27-19-17-25(33-20-18-24-16-15-23-8-7-21-40-36(23)37(24)41-33)22-32(27)39(30)31-13-5-2-10-28(31)35-29-11-3-6-14-34(29)42-38(35)39/h1-22H. The maximum atomic E-state index is 5.23. The van der Waals surface area contributed by atoms with Crippen LogP contribution in [0.4, 0.5) is 0 Å². The number of hydrogen-bond donors (Lipinski definition) is 0. The zero-order valence-corrected chi connectivity index (χ0v) is 23.3. The highest BCUT2D eigenvalue weighted by molar-refractivity contribution is 7.20. The van der Waals surface area contributed by atoms with Crippen LogP contribution in [0.25, 0.3) is 65.4 Å². The van der Waals surface area contributed by atoms with Gasteiger partial charge in [0.1, 0.15) is 0 Å². The molecule has 2 aliphatic carbocycles. The molecule has 0 bridgehead atoms. The van der Waals surface area contributed by atoms with E-state index in [9.17, 15) is 0 Å². The molecule has 0 radical (unpaired) electrons. The molecule has 2 aliphatic rings. The van der Waals surface area contributed by atoms with Gasteiger partial charge >= 0.3 is 0 Å². The fraction of sp³-hybridized carbons (Fsp3) is 0.0256. The van der Waals surface area contributed by atoms with E-state index in [0.29, 0.717) is 0 Å². The summed E-state index contributed by atoms with van der Waals surface area (Å²) in [6.07, 6.45) is 1.85. The van der Waals surface area contributed by atoms with Gasteiger partial charge in [0.15, 0.2) is 0 Å². The van der Waals surface area contributed by atoms with Gasteiger partial charge in [-0.05, 0) is 57.6 Å². The van der Waals surface area contributed by atoms with E-state index in [2.05, 4.69) is 121 Å².